The van der Waals surface area contributed by atoms with Crippen LogP contribution in [0.2, 0.25) is 5.02 Å². The zero-order valence-electron chi connectivity index (χ0n) is 10.0. The molecule has 18 heavy (non-hydrogen) atoms. The Balaban J connectivity index is 2.44. The summed E-state index contributed by atoms with van der Waals surface area (Å²) in [5, 5.41) is 3.99. The molecule has 2 aromatic rings. The van der Waals surface area contributed by atoms with Crippen molar-refractivity contribution in [2.75, 3.05) is 14.2 Å². The van der Waals surface area contributed by atoms with Gasteiger partial charge in [-0.25, -0.2) is 0 Å². The van der Waals surface area contributed by atoms with Crippen molar-refractivity contribution in [1.82, 2.24) is 5.32 Å². The largest absolute Gasteiger partial charge is 0.496 e. The van der Waals surface area contributed by atoms with Crippen molar-refractivity contribution in [3.8, 4) is 5.75 Å². The second-order valence-corrected chi connectivity index (χ2v) is 6.68. The van der Waals surface area contributed by atoms with Gasteiger partial charge in [-0.15, -0.1) is 11.3 Å². The van der Waals surface area contributed by atoms with Crippen molar-refractivity contribution in [3.05, 3.63) is 49.6 Å². The fraction of sp³-hybridized carbons (Fsp3) is 0.231. The lowest BCUT2D eigenvalue weighted by Crippen LogP contribution is -2.17. The second kappa shape index (κ2) is 6.06. The van der Waals surface area contributed by atoms with Gasteiger partial charge in [0.2, 0.25) is 0 Å². The molecule has 0 radical (unpaired) electrons. The average Bonchev–Trinajstić information content (AvgIpc) is 2.78. The van der Waals surface area contributed by atoms with Gasteiger partial charge in [-0.3, -0.25) is 0 Å². The van der Waals surface area contributed by atoms with Gasteiger partial charge >= 0.3 is 0 Å². The van der Waals surface area contributed by atoms with E-state index in [2.05, 4.69) is 27.3 Å². The zero-order valence-corrected chi connectivity index (χ0v) is 13.2. The Morgan fingerprint density at radius 1 is 1.33 bits per heavy atom. The van der Waals surface area contributed by atoms with Crippen molar-refractivity contribution >= 4 is 38.9 Å². The van der Waals surface area contributed by atoms with E-state index in [9.17, 15) is 0 Å². The van der Waals surface area contributed by atoms with Crippen LogP contribution in [0.3, 0.4) is 0 Å². The number of ether oxygens (including phenoxy) is 1. The highest BCUT2D eigenvalue weighted by atomic mass is 79.9. The van der Waals surface area contributed by atoms with Crippen LogP contribution in [0.15, 0.2) is 34.1 Å². The third-order valence-corrected chi connectivity index (χ3v) is 4.60. The minimum Gasteiger partial charge on any atom is -0.496 e. The topological polar surface area (TPSA) is 21.3 Å². The molecule has 1 unspecified atom stereocenters. The average molecular weight is 347 g/mol. The van der Waals surface area contributed by atoms with Gasteiger partial charge in [0.25, 0.3) is 0 Å². The first-order valence-corrected chi connectivity index (χ1v) is 7.40. The highest BCUT2D eigenvalue weighted by molar-refractivity contribution is 9.11. The van der Waals surface area contributed by atoms with Gasteiger partial charge in [0.05, 0.1) is 16.9 Å². The molecule has 1 atom stereocenters. The molecule has 1 aromatic carbocycles. The Kier molecular flexibility index (Phi) is 4.67. The van der Waals surface area contributed by atoms with Crippen LogP contribution in [-0.4, -0.2) is 14.2 Å². The summed E-state index contributed by atoms with van der Waals surface area (Å²) in [7, 11) is 3.60. The SMILES string of the molecule is CNC(c1ccc(Br)s1)c1ccc(Cl)cc1OC. The standard InChI is InChI=1S/C13H13BrClNOS/c1-16-13(11-5-6-12(14)18-11)9-4-3-8(15)7-10(9)17-2/h3-7,13,16H,1-2H3. The van der Waals surface area contributed by atoms with Crippen molar-refractivity contribution in [2.45, 2.75) is 6.04 Å². The smallest absolute Gasteiger partial charge is 0.125 e. The molecule has 0 spiro atoms. The van der Waals surface area contributed by atoms with Crippen LogP contribution in [0, 0.1) is 0 Å². The van der Waals surface area contributed by atoms with Crippen LogP contribution in [-0.2, 0) is 0 Å². The van der Waals surface area contributed by atoms with E-state index in [-0.39, 0.29) is 6.04 Å². The first-order chi connectivity index (χ1) is 8.65. The fourth-order valence-corrected chi connectivity index (χ4v) is 3.57. The molecule has 1 N–H and O–H groups in total. The van der Waals surface area contributed by atoms with Gasteiger partial charge in [0, 0.05) is 15.5 Å². The van der Waals surface area contributed by atoms with Gasteiger partial charge in [-0.05, 0) is 47.2 Å². The summed E-state index contributed by atoms with van der Waals surface area (Å²) in [6.07, 6.45) is 0. The first kappa shape index (κ1) is 13.9. The van der Waals surface area contributed by atoms with Crippen molar-refractivity contribution in [1.29, 1.82) is 0 Å². The number of methoxy groups -OCH3 is 1. The third-order valence-electron chi connectivity index (χ3n) is 2.67. The number of benzene rings is 1. The summed E-state index contributed by atoms with van der Waals surface area (Å²) in [6.45, 7) is 0. The van der Waals surface area contributed by atoms with Crippen LogP contribution in [0.1, 0.15) is 16.5 Å². The number of hydrogen-bond acceptors (Lipinski definition) is 3. The zero-order chi connectivity index (χ0) is 13.1. The summed E-state index contributed by atoms with van der Waals surface area (Å²) in [6, 6.07) is 9.97. The molecule has 0 amide bonds. The molecule has 96 valence electrons. The van der Waals surface area contributed by atoms with E-state index in [1.807, 2.05) is 31.3 Å². The lowest BCUT2D eigenvalue weighted by molar-refractivity contribution is 0.406. The maximum absolute atomic E-state index is 5.99. The van der Waals surface area contributed by atoms with Crippen LogP contribution < -0.4 is 10.1 Å². The summed E-state index contributed by atoms with van der Waals surface area (Å²) >= 11 is 11.2. The second-order valence-electron chi connectivity index (χ2n) is 3.75. The third kappa shape index (κ3) is 2.88. The molecule has 2 rings (SSSR count). The van der Waals surface area contributed by atoms with E-state index < -0.39 is 0 Å². The Hall–Kier alpha value is -0.550. The molecule has 1 aromatic heterocycles. The summed E-state index contributed by atoms with van der Waals surface area (Å²) in [5.74, 6) is 0.798. The number of halogens is 2. The molecule has 0 aliphatic rings. The molecule has 0 bridgehead atoms. The molecule has 1 heterocycles. The Morgan fingerprint density at radius 3 is 2.67 bits per heavy atom. The quantitative estimate of drug-likeness (QED) is 0.881. The lowest BCUT2D eigenvalue weighted by atomic mass is 10.0. The highest BCUT2D eigenvalue weighted by Gasteiger charge is 2.18. The van der Waals surface area contributed by atoms with Crippen molar-refractivity contribution in [3.63, 3.8) is 0 Å². The normalized spacial score (nSPS) is 12.4. The fourth-order valence-electron chi connectivity index (χ4n) is 1.86. The molecule has 0 saturated carbocycles. The van der Waals surface area contributed by atoms with E-state index in [4.69, 9.17) is 16.3 Å². The summed E-state index contributed by atoms with van der Waals surface area (Å²) < 4.78 is 6.52. The van der Waals surface area contributed by atoms with Crippen LogP contribution >= 0.6 is 38.9 Å². The van der Waals surface area contributed by atoms with E-state index in [1.165, 1.54) is 4.88 Å². The number of thiophene rings is 1. The highest BCUT2D eigenvalue weighted by Crippen LogP contribution is 2.36. The summed E-state index contributed by atoms with van der Waals surface area (Å²) in [4.78, 5) is 1.23. The van der Waals surface area contributed by atoms with Crippen LogP contribution in [0.5, 0.6) is 5.75 Å². The number of hydrogen-bond donors (Lipinski definition) is 1. The lowest BCUT2D eigenvalue weighted by Gasteiger charge is -2.18. The number of rotatable bonds is 4. The molecule has 2 nitrogen and oxygen atoms in total. The summed E-state index contributed by atoms with van der Waals surface area (Å²) in [5.41, 5.74) is 1.08. The predicted octanol–water partition coefficient (Wildman–Crippen LogP) is 4.48. The molecule has 0 aliphatic heterocycles. The van der Waals surface area contributed by atoms with Crippen LogP contribution in [0.25, 0.3) is 0 Å². The molecule has 0 saturated heterocycles. The number of nitrogens with one attached hydrogen (secondary N) is 1. The molecule has 0 fully saturated rings. The van der Waals surface area contributed by atoms with E-state index in [0.717, 1.165) is 15.1 Å². The van der Waals surface area contributed by atoms with Crippen molar-refractivity contribution < 1.29 is 4.74 Å². The molecule has 0 aliphatic carbocycles. The van der Waals surface area contributed by atoms with Gasteiger partial charge < -0.3 is 10.1 Å². The van der Waals surface area contributed by atoms with E-state index in [0.29, 0.717) is 5.02 Å². The minimum atomic E-state index is 0.105. The minimum absolute atomic E-state index is 0.105. The molecular weight excluding hydrogens is 334 g/mol. The molecular formula is C13H13BrClNOS. The maximum atomic E-state index is 5.99. The van der Waals surface area contributed by atoms with E-state index in [1.54, 1.807) is 18.4 Å². The Bertz CT molecular complexity index is 544. The predicted molar refractivity (Wildman–Crippen MR) is 80.9 cm³/mol. The van der Waals surface area contributed by atoms with Gasteiger partial charge in [-0.1, -0.05) is 17.7 Å². The Morgan fingerprint density at radius 2 is 2.11 bits per heavy atom. The Labute approximate surface area is 124 Å². The monoisotopic (exact) mass is 345 g/mol. The van der Waals surface area contributed by atoms with Crippen molar-refractivity contribution in [2.24, 2.45) is 0 Å². The first-order valence-electron chi connectivity index (χ1n) is 5.41. The maximum Gasteiger partial charge on any atom is 0.125 e. The van der Waals surface area contributed by atoms with Crippen LogP contribution in [0.4, 0.5) is 0 Å². The van der Waals surface area contributed by atoms with Gasteiger partial charge in [0.1, 0.15) is 5.75 Å². The molecule has 5 heteroatoms. The van der Waals surface area contributed by atoms with Gasteiger partial charge in [0.15, 0.2) is 0 Å². The van der Waals surface area contributed by atoms with Gasteiger partial charge in [-0.2, -0.15) is 0 Å². The van der Waals surface area contributed by atoms with E-state index >= 15 is 0 Å².